The Labute approximate surface area is 210 Å². The van der Waals surface area contributed by atoms with Crippen LogP contribution in [0.5, 0.6) is 34.5 Å². The van der Waals surface area contributed by atoms with Gasteiger partial charge in [-0.2, -0.15) is 0 Å². The number of hydrogen-bond acceptors (Lipinski definition) is 8. The van der Waals surface area contributed by atoms with Crippen molar-refractivity contribution in [3.8, 4) is 45.9 Å². The van der Waals surface area contributed by atoms with Crippen molar-refractivity contribution in [1.82, 2.24) is 9.97 Å². The van der Waals surface area contributed by atoms with Crippen LogP contribution in [0.1, 0.15) is 11.1 Å². The average molecular weight is 489 g/mol. The zero-order valence-corrected chi connectivity index (χ0v) is 20.7. The maximum atomic E-state index is 6.00. The zero-order valence-electron chi connectivity index (χ0n) is 20.7. The lowest BCUT2D eigenvalue weighted by Crippen LogP contribution is -1.99. The zero-order chi connectivity index (χ0) is 25.3. The second-order valence-electron chi connectivity index (χ2n) is 7.77. The van der Waals surface area contributed by atoms with Crippen molar-refractivity contribution >= 4 is 0 Å². The van der Waals surface area contributed by atoms with Crippen LogP contribution in [0.2, 0.25) is 0 Å². The van der Waals surface area contributed by atoms with E-state index in [1.54, 1.807) is 53.0 Å². The second kappa shape index (κ2) is 11.8. The molecule has 0 amide bonds. The number of ether oxygens (including phenoxy) is 6. The van der Waals surface area contributed by atoms with E-state index in [4.69, 9.17) is 28.4 Å². The maximum absolute atomic E-state index is 6.00. The summed E-state index contributed by atoms with van der Waals surface area (Å²) in [6, 6.07) is 18.6. The standard InChI is InChI=1S/C28H28N2O6/c1-31-23-9-19(10-24(13-23)32-2)17-35-21-5-7-29-27(15-21)28-16-22(6-8-30-28)36-18-20-11-25(33-3)14-26(12-20)34-4/h5-16H,17-18H2,1-4H3. The molecular formula is C28H28N2O6. The van der Waals surface area contributed by atoms with Gasteiger partial charge in [0.1, 0.15) is 47.7 Å². The van der Waals surface area contributed by atoms with Gasteiger partial charge in [-0.1, -0.05) is 0 Å². The third kappa shape index (κ3) is 6.35. The summed E-state index contributed by atoms with van der Waals surface area (Å²) in [6.07, 6.45) is 3.38. The molecule has 0 bridgehead atoms. The molecule has 4 aromatic rings. The van der Waals surface area contributed by atoms with Crippen LogP contribution in [0.3, 0.4) is 0 Å². The van der Waals surface area contributed by atoms with E-state index in [9.17, 15) is 0 Å². The normalized spacial score (nSPS) is 10.4. The fraction of sp³-hybridized carbons (Fsp3) is 0.214. The highest BCUT2D eigenvalue weighted by Crippen LogP contribution is 2.27. The van der Waals surface area contributed by atoms with Crippen molar-refractivity contribution in [2.45, 2.75) is 13.2 Å². The van der Waals surface area contributed by atoms with Gasteiger partial charge in [0.25, 0.3) is 0 Å². The molecule has 8 heteroatoms. The molecule has 0 radical (unpaired) electrons. The fourth-order valence-electron chi connectivity index (χ4n) is 3.51. The molecule has 0 aliphatic rings. The Bertz CT molecular complexity index is 1170. The Balaban J connectivity index is 1.45. The third-order valence-corrected chi connectivity index (χ3v) is 5.36. The van der Waals surface area contributed by atoms with Gasteiger partial charge in [0, 0.05) is 36.7 Å². The molecule has 0 unspecified atom stereocenters. The number of methoxy groups -OCH3 is 4. The summed E-state index contributed by atoms with van der Waals surface area (Å²) in [5.74, 6) is 4.15. The highest BCUT2D eigenvalue weighted by Gasteiger charge is 2.08. The van der Waals surface area contributed by atoms with Crippen molar-refractivity contribution in [2.24, 2.45) is 0 Å². The third-order valence-electron chi connectivity index (χ3n) is 5.36. The van der Waals surface area contributed by atoms with E-state index in [2.05, 4.69) is 9.97 Å². The first kappa shape index (κ1) is 24.7. The SMILES string of the molecule is COc1cc(COc2ccnc(-c3cc(OCc4cc(OC)cc(OC)c4)ccn3)c2)cc(OC)c1. The lowest BCUT2D eigenvalue weighted by Gasteiger charge is -2.12. The molecule has 2 aromatic heterocycles. The van der Waals surface area contributed by atoms with Gasteiger partial charge in [-0.3, -0.25) is 9.97 Å². The Morgan fingerprint density at radius 1 is 0.472 bits per heavy atom. The highest BCUT2D eigenvalue weighted by molar-refractivity contribution is 5.57. The molecule has 0 saturated carbocycles. The van der Waals surface area contributed by atoms with Gasteiger partial charge in [0.2, 0.25) is 0 Å². The molecule has 0 aliphatic heterocycles. The molecule has 186 valence electrons. The fourth-order valence-corrected chi connectivity index (χ4v) is 3.51. The van der Waals surface area contributed by atoms with Crippen LogP contribution in [0.15, 0.2) is 73.1 Å². The summed E-state index contributed by atoms with van der Waals surface area (Å²) < 4.78 is 33.3. The second-order valence-corrected chi connectivity index (χ2v) is 7.77. The van der Waals surface area contributed by atoms with Crippen molar-refractivity contribution in [2.75, 3.05) is 28.4 Å². The molecule has 0 N–H and O–H groups in total. The van der Waals surface area contributed by atoms with E-state index in [1.165, 1.54) is 0 Å². The molecular weight excluding hydrogens is 460 g/mol. The lowest BCUT2D eigenvalue weighted by atomic mass is 10.2. The minimum absolute atomic E-state index is 0.345. The molecule has 2 heterocycles. The largest absolute Gasteiger partial charge is 0.497 e. The highest BCUT2D eigenvalue weighted by atomic mass is 16.5. The van der Waals surface area contributed by atoms with Crippen LogP contribution in [0.4, 0.5) is 0 Å². The van der Waals surface area contributed by atoms with Crippen LogP contribution in [0.25, 0.3) is 11.4 Å². The van der Waals surface area contributed by atoms with Crippen LogP contribution < -0.4 is 28.4 Å². The van der Waals surface area contributed by atoms with E-state index >= 15 is 0 Å². The van der Waals surface area contributed by atoms with Crippen molar-refractivity contribution < 1.29 is 28.4 Å². The summed E-state index contributed by atoms with van der Waals surface area (Å²) in [7, 11) is 6.47. The molecule has 2 aromatic carbocycles. The Kier molecular flexibility index (Phi) is 8.08. The predicted octanol–water partition coefficient (Wildman–Crippen LogP) is 5.34. The predicted molar refractivity (Wildman–Crippen MR) is 135 cm³/mol. The van der Waals surface area contributed by atoms with Gasteiger partial charge in [0.05, 0.1) is 39.8 Å². The molecule has 0 saturated heterocycles. The first-order chi connectivity index (χ1) is 17.6. The van der Waals surface area contributed by atoms with Gasteiger partial charge >= 0.3 is 0 Å². The number of hydrogen-bond donors (Lipinski definition) is 0. The molecule has 8 nitrogen and oxygen atoms in total. The van der Waals surface area contributed by atoms with E-state index in [0.717, 1.165) is 11.1 Å². The van der Waals surface area contributed by atoms with Crippen LogP contribution >= 0.6 is 0 Å². The number of rotatable bonds is 11. The topological polar surface area (TPSA) is 81.2 Å². The number of nitrogens with zero attached hydrogens (tertiary/aromatic N) is 2. The Morgan fingerprint density at radius 2 is 0.833 bits per heavy atom. The first-order valence-electron chi connectivity index (χ1n) is 11.2. The summed E-state index contributed by atoms with van der Waals surface area (Å²) >= 11 is 0. The first-order valence-corrected chi connectivity index (χ1v) is 11.2. The number of pyridine rings is 2. The van der Waals surface area contributed by atoms with Crippen molar-refractivity contribution in [1.29, 1.82) is 0 Å². The molecule has 4 rings (SSSR count). The van der Waals surface area contributed by atoms with Crippen LogP contribution in [-0.2, 0) is 13.2 Å². The van der Waals surface area contributed by atoms with E-state index < -0.39 is 0 Å². The summed E-state index contributed by atoms with van der Waals surface area (Å²) in [4.78, 5) is 8.91. The molecule has 36 heavy (non-hydrogen) atoms. The lowest BCUT2D eigenvalue weighted by molar-refractivity contribution is 0.303. The molecule has 0 spiro atoms. The minimum atomic E-state index is 0.345. The van der Waals surface area contributed by atoms with Crippen LogP contribution in [0, 0.1) is 0 Å². The van der Waals surface area contributed by atoms with Gasteiger partial charge in [-0.15, -0.1) is 0 Å². The van der Waals surface area contributed by atoms with E-state index in [-0.39, 0.29) is 0 Å². The number of benzene rings is 2. The summed E-state index contributed by atoms with van der Waals surface area (Å²) in [5.41, 5.74) is 3.19. The summed E-state index contributed by atoms with van der Waals surface area (Å²) in [6.45, 7) is 0.690. The van der Waals surface area contributed by atoms with E-state index in [0.29, 0.717) is 59.1 Å². The Hall–Kier alpha value is -4.46. The molecule has 0 atom stereocenters. The maximum Gasteiger partial charge on any atom is 0.123 e. The van der Waals surface area contributed by atoms with Crippen molar-refractivity contribution in [3.05, 3.63) is 84.2 Å². The van der Waals surface area contributed by atoms with Gasteiger partial charge in [0.15, 0.2) is 0 Å². The molecule has 0 aliphatic carbocycles. The minimum Gasteiger partial charge on any atom is -0.497 e. The monoisotopic (exact) mass is 488 g/mol. The molecule has 0 fully saturated rings. The smallest absolute Gasteiger partial charge is 0.123 e. The average Bonchev–Trinajstić information content (AvgIpc) is 2.94. The quantitative estimate of drug-likeness (QED) is 0.280. The van der Waals surface area contributed by atoms with E-state index in [1.807, 2.05) is 48.5 Å². The van der Waals surface area contributed by atoms with Gasteiger partial charge < -0.3 is 28.4 Å². The van der Waals surface area contributed by atoms with Crippen molar-refractivity contribution in [3.63, 3.8) is 0 Å². The van der Waals surface area contributed by atoms with Gasteiger partial charge in [-0.25, -0.2) is 0 Å². The number of aromatic nitrogens is 2. The van der Waals surface area contributed by atoms with Crippen LogP contribution in [-0.4, -0.2) is 38.4 Å². The van der Waals surface area contributed by atoms with Gasteiger partial charge in [-0.05, 0) is 47.5 Å². The Morgan fingerprint density at radius 3 is 1.17 bits per heavy atom. The summed E-state index contributed by atoms with van der Waals surface area (Å²) in [5, 5.41) is 0.